The Bertz CT molecular complexity index is 498. The summed E-state index contributed by atoms with van der Waals surface area (Å²) in [6.45, 7) is 2.71. The summed E-state index contributed by atoms with van der Waals surface area (Å²) >= 11 is 0. The van der Waals surface area contributed by atoms with Gasteiger partial charge in [-0.1, -0.05) is 0 Å². The molecule has 5 heteroatoms. The highest BCUT2D eigenvalue weighted by molar-refractivity contribution is 7.91. The van der Waals surface area contributed by atoms with Crippen molar-refractivity contribution in [3.63, 3.8) is 0 Å². The summed E-state index contributed by atoms with van der Waals surface area (Å²) in [5.41, 5.74) is 1.21. The van der Waals surface area contributed by atoms with Crippen molar-refractivity contribution in [3.8, 4) is 0 Å². The Labute approximate surface area is 95.6 Å². The molecule has 0 saturated carbocycles. The van der Waals surface area contributed by atoms with Gasteiger partial charge in [0.2, 0.25) is 0 Å². The van der Waals surface area contributed by atoms with Crippen LogP contribution in [0.2, 0.25) is 0 Å². The molecule has 0 unspecified atom stereocenters. The summed E-state index contributed by atoms with van der Waals surface area (Å²) < 4.78 is 25.3. The molecule has 3 heterocycles. The zero-order valence-corrected chi connectivity index (χ0v) is 9.96. The van der Waals surface area contributed by atoms with E-state index in [4.69, 9.17) is 0 Å². The molecule has 2 aliphatic rings. The van der Waals surface area contributed by atoms with Gasteiger partial charge in [-0.2, -0.15) is 0 Å². The molecule has 1 fully saturated rings. The first-order valence-electron chi connectivity index (χ1n) is 5.80. The molecule has 4 nitrogen and oxygen atoms in total. The minimum absolute atomic E-state index is 0.273. The number of hydrogen-bond donors (Lipinski definition) is 1. The third-order valence-corrected chi connectivity index (χ3v) is 5.32. The van der Waals surface area contributed by atoms with Gasteiger partial charge in [-0.15, -0.1) is 0 Å². The maximum absolute atomic E-state index is 11.7. The van der Waals surface area contributed by atoms with Gasteiger partial charge in [0.1, 0.15) is 5.03 Å². The zero-order valence-electron chi connectivity index (χ0n) is 9.15. The van der Waals surface area contributed by atoms with E-state index in [0.717, 1.165) is 25.9 Å². The average molecular weight is 240 g/mol. The second-order valence-electron chi connectivity index (χ2n) is 4.65. The van der Waals surface area contributed by atoms with Crippen LogP contribution in [0.25, 0.3) is 0 Å². The Morgan fingerprint density at radius 2 is 2.06 bits per heavy atom. The topological polar surface area (TPSA) is 51.1 Å². The molecule has 0 bridgehead atoms. The number of rotatable bonds is 1. The number of aromatic nitrogens is 1. The fraction of sp³-hybridized carbons (Fsp3) is 0.636. The minimum Gasteiger partial charge on any atom is -0.337 e. The van der Waals surface area contributed by atoms with Crippen LogP contribution in [-0.2, 0) is 16.4 Å². The first kappa shape index (κ1) is 10.4. The lowest BCUT2D eigenvalue weighted by atomic mass is 9.92. The predicted molar refractivity (Wildman–Crippen MR) is 61.3 cm³/mol. The lowest BCUT2D eigenvalue weighted by molar-refractivity contribution is 0.460. The quantitative estimate of drug-likeness (QED) is 0.788. The highest BCUT2D eigenvalue weighted by atomic mass is 32.2. The van der Waals surface area contributed by atoms with Crippen LogP contribution in [0.3, 0.4) is 0 Å². The molecule has 0 spiro atoms. The van der Waals surface area contributed by atoms with Crippen molar-refractivity contribution in [2.45, 2.75) is 30.3 Å². The maximum atomic E-state index is 11.7. The largest absolute Gasteiger partial charge is 0.337 e. The van der Waals surface area contributed by atoms with Crippen molar-refractivity contribution in [1.82, 2.24) is 9.88 Å². The molecule has 0 radical (unpaired) electrons. The van der Waals surface area contributed by atoms with Crippen LogP contribution in [-0.4, -0.2) is 31.8 Å². The molecule has 1 aromatic rings. The van der Waals surface area contributed by atoms with Gasteiger partial charge in [0, 0.05) is 12.7 Å². The van der Waals surface area contributed by atoms with Crippen LogP contribution < -0.4 is 5.32 Å². The second-order valence-corrected chi connectivity index (χ2v) is 6.70. The molecule has 16 heavy (non-hydrogen) atoms. The maximum Gasteiger partial charge on any atom is 0.195 e. The highest BCUT2D eigenvalue weighted by Crippen LogP contribution is 2.30. The second kappa shape index (κ2) is 3.60. The smallest absolute Gasteiger partial charge is 0.195 e. The van der Waals surface area contributed by atoms with Crippen LogP contribution in [0.15, 0.2) is 17.3 Å². The van der Waals surface area contributed by atoms with E-state index >= 15 is 0 Å². The molecule has 1 aromatic heterocycles. The van der Waals surface area contributed by atoms with E-state index in [-0.39, 0.29) is 5.75 Å². The SMILES string of the molecule is O=S1(=O)CCn2cc(C3CCNCC3)cc21. The molecule has 0 atom stereocenters. The van der Waals surface area contributed by atoms with Gasteiger partial charge >= 0.3 is 0 Å². The summed E-state index contributed by atoms with van der Waals surface area (Å²) in [7, 11) is -2.98. The van der Waals surface area contributed by atoms with E-state index in [1.54, 1.807) is 0 Å². The van der Waals surface area contributed by atoms with Crippen LogP contribution in [0.5, 0.6) is 0 Å². The number of aryl methyl sites for hydroxylation is 1. The van der Waals surface area contributed by atoms with Crippen molar-refractivity contribution in [3.05, 3.63) is 17.8 Å². The zero-order chi connectivity index (χ0) is 11.2. The van der Waals surface area contributed by atoms with Crippen LogP contribution in [0.4, 0.5) is 0 Å². The Morgan fingerprint density at radius 3 is 2.75 bits per heavy atom. The van der Waals surface area contributed by atoms with E-state index in [0.29, 0.717) is 17.5 Å². The monoisotopic (exact) mass is 240 g/mol. The van der Waals surface area contributed by atoms with Crippen LogP contribution in [0.1, 0.15) is 24.3 Å². The fourth-order valence-corrected chi connectivity index (χ4v) is 4.11. The molecule has 3 rings (SSSR count). The van der Waals surface area contributed by atoms with Gasteiger partial charge in [-0.25, -0.2) is 8.42 Å². The summed E-state index contributed by atoms with van der Waals surface area (Å²) in [4.78, 5) is 0. The number of nitrogens with zero attached hydrogens (tertiary/aromatic N) is 1. The first-order valence-corrected chi connectivity index (χ1v) is 7.45. The lowest BCUT2D eigenvalue weighted by Crippen LogP contribution is -2.26. The highest BCUT2D eigenvalue weighted by Gasteiger charge is 2.28. The van der Waals surface area contributed by atoms with Gasteiger partial charge < -0.3 is 9.88 Å². The number of piperidine rings is 1. The number of hydrogen-bond acceptors (Lipinski definition) is 3. The molecule has 0 amide bonds. The Hall–Kier alpha value is -0.810. The van der Waals surface area contributed by atoms with Crippen molar-refractivity contribution in [1.29, 1.82) is 0 Å². The van der Waals surface area contributed by atoms with Crippen LogP contribution in [0, 0.1) is 0 Å². The molecule has 0 aromatic carbocycles. The molecule has 0 aliphatic carbocycles. The number of fused-ring (bicyclic) bond motifs is 1. The van der Waals surface area contributed by atoms with E-state index in [1.165, 1.54) is 5.56 Å². The predicted octanol–water partition coefficient (Wildman–Crippen LogP) is 0.742. The molecule has 1 N–H and O–H groups in total. The Balaban J connectivity index is 1.94. The fourth-order valence-electron chi connectivity index (χ4n) is 2.65. The lowest BCUT2D eigenvalue weighted by Gasteiger charge is -2.21. The van der Waals surface area contributed by atoms with Crippen molar-refractivity contribution < 1.29 is 8.42 Å². The van der Waals surface area contributed by atoms with E-state index in [1.807, 2.05) is 16.8 Å². The molecular formula is C11H16N2O2S. The van der Waals surface area contributed by atoms with Gasteiger partial charge in [0.15, 0.2) is 9.84 Å². The van der Waals surface area contributed by atoms with E-state index in [2.05, 4.69) is 5.32 Å². The summed E-state index contributed by atoms with van der Waals surface area (Å²) in [5, 5.41) is 3.85. The Kier molecular flexibility index (Phi) is 2.33. The minimum atomic E-state index is -2.98. The molecule has 1 saturated heterocycles. The van der Waals surface area contributed by atoms with E-state index < -0.39 is 9.84 Å². The summed E-state index contributed by atoms with van der Waals surface area (Å²) in [6.07, 6.45) is 4.27. The number of nitrogens with one attached hydrogen (secondary N) is 1. The third-order valence-electron chi connectivity index (χ3n) is 3.61. The summed E-state index contributed by atoms with van der Waals surface area (Å²) in [5.74, 6) is 0.809. The van der Waals surface area contributed by atoms with Crippen LogP contribution >= 0.6 is 0 Å². The number of sulfone groups is 1. The average Bonchev–Trinajstić information content (AvgIpc) is 2.82. The Morgan fingerprint density at radius 1 is 1.31 bits per heavy atom. The summed E-state index contributed by atoms with van der Waals surface area (Å²) in [6, 6.07) is 1.89. The third kappa shape index (κ3) is 1.58. The standard InChI is InChI=1S/C11H16N2O2S/c14-16(15)6-5-13-8-10(7-11(13)16)9-1-3-12-4-2-9/h7-9,12H,1-6H2. The van der Waals surface area contributed by atoms with Gasteiger partial charge in [-0.05, 0) is 43.5 Å². The molecule has 2 aliphatic heterocycles. The normalized spacial score (nSPS) is 24.5. The molecular weight excluding hydrogens is 224 g/mol. The van der Waals surface area contributed by atoms with Crippen molar-refractivity contribution >= 4 is 9.84 Å². The molecule has 88 valence electrons. The van der Waals surface area contributed by atoms with Crippen molar-refractivity contribution in [2.75, 3.05) is 18.8 Å². The van der Waals surface area contributed by atoms with Gasteiger partial charge in [0.25, 0.3) is 0 Å². The van der Waals surface area contributed by atoms with Gasteiger partial charge in [-0.3, -0.25) is 0 Å². The van der Waals surface area contributed by atoms with Gasteiger partial charge in [0.05, 0.1) is 5.75 Å². The van der Waals surface area contributed by atoms with E-state index in [9.17, 15) is 8.42 Å². The van der Waals surface area contributed by atoms with Crippen molar-refractivity contribution in [2.24, 2.45) is 0 Å². The first-order chi connectivity index (χ1) is 7.67.